The van der Waals surface area contributed by atoms with Crippen LogP contribution in [-0.2, 0) is 6.18 Å². The van der Waals surface area contributed by atoms with Gasteiger partial charge in [-0.15, -0.1) is 0 Å². The quantitative estimate of drug-likeness (QED) is 0.256. The monoisotopic (exact) mass is 525 g/mol. The van der Waals surface area contributed by atoms with E-state index in [0.29, 0.717) is 15.8 Å². The number of hydrogen-bond acceptors (Lipinski definition) is 6. The number of anilines is 1. The Morgan fingerprint density at radius 3 is 2.57 bits per heavy atom. The van der Waals surface area contributed by atoms with Crippen molar-refractivity contribution in [2.24, 2.45) is 0 Å². The van der Waals surface area contributed by atoms with Crippen molar-refractivity contribution in [1.29, 1.82) is 0 Å². The van der Waals surface area contributed by atoms with Crippen molar-refractivity contribution in [1.82, 2.24) is 14.6 Å². The van der Waals surface area contributed by atoms with Crippen molar-refractivity contribution in [2.45, 2.75) is 6.18 Å². The number of nitro benzene ring substituents is 1. The molecule has 2 aromatic heterocycles. The predicted molar refractivity (Wildman–Crippen MR) is 121 cm³/mol. The van der Waals surface area contributed by atoms with Crippen LogP contribution in [0.4, 0.5) is 24.5 Å². The number of rotatable bonds is 5. The molecule has 0 fully saturated rings. The molecule has 14 heteroatoms. The zero-order valence-corrected chi connectivity index (χ0v) is 18.9. The molecule has 0 radical (unpaired) electrons. The summed E-state index contributed by atoms with van der Waals surface area (Å²) in [6.45, 7) is 0. The summed E-state index contributed by atoms with van der Waals surface area (Å²) >= 11 is 12.0. The van der Waals surface area contributed by atoms with Gasteiger partial charge in [0.2, 0.25) is 0 Å². The maximum Gasteiger partial charge on any atom is 0.433 e. The lowest BCUT2D eigenvalue weighted by molar-refractivity contribution is -0.383. The Balaban J connectivity index is 1.85. The lowest BCUT2D eigenvalue weighted by Gasteiger charge is -2.11. The minimum absolute atomic E-state index is 0.0459. The number of carbonyl (C=O) groups is 1. The van der Waals surface area contributed by atoms with Gasteiger partial charge in [0.25, 0.3) is 11.6 Å². The molecule has 2 aromatic carbocycles. The number of ether oxygens (including phenoxy) is 1. The summed E-state index contributed by atoms with van der Waals surface area (Å²) in [5.74, 6) is -0.691. The van der Waals surface area contributed by atoms with E-state index in [1.165, 1.54) is 31.4 Å². The van der Waals surface area contributed by atoms with Crippen molar-refractivity contribution < 1.29 is 27.6 Å². The highest BCUT2D eigenvalue weighted by atomic mass is 35.5. The normalized spacial score (nSPS) is 11.5. The molecule has 0 aliphatic carbocycles. The lowest BCUT2D eigenvalue weighted by atomic mass is 10.1. The SMILES string of the molecule is COc1cccc(-c2cc(C(F)(F)F)n3nc(C(=O)Nc4ccc(Cl)cc4[N+](=O)[O-])c(Cl)c3n2)c1. The van der Waals surface area contributed by atoms with Crippen LogP contribution in [0.2, 0.25) is 10.0 Å². The van der Waals surface area contributed by atoms with Gasteiger partial charge in [-0.25, -0.2) is 9.50 Å². The van der Waals surface area contributed by atoms with Crippen molar-refractivity contribution >= 4 is 46.1 Å². The molecule has 1 N–H and O–H groups in total. The maximum atomic E-state index is 13.9. The van der Waals surface area contributed by atoms with E-state index in [0.717, 1.165) is 12.1 Å². The highest BCUT2D eigenvalue weighted by molar-refractivity contribution is 6.37. The van der Waals surface area contributed by atoms with Gasteiger partial charge in [-0.1, -0.05) is 35.3 Å². The number of nitrogens with one attached hydrogen (secondary N) is 1. The third-order valence-corrected chi connectivity index (χ3v) is 5.39. The molecule has 4 rings (SSSR count). The molecular weight excluding hydrogens is 514 g/mol. The van der Waals surface area contributed by atoms with Crippen LogP contribution in [-0.4, -0.2) is 32.5 Å². The van der Waals surface area contributed by atoms with Crippen LogP contribution in [0.3, 0.4) is 0 Å². The molecule has 0 bridgehead atoms. The van der Waals surface area contributed by atoms with Gasteiger partial charge in [-0.2, -0.15) is 18.3 Å². The van der Waals surface area contributed by atoms with Crippen LogP contribution in [0.15, 0.2) is 48.5 Å². The molecule has 9 nitrogen and oxygen atoms in total. The number of hydrogen-bond donors (Lipinski definition) is 1. The number of carbonyl (C=O) groups excluding carboxylic acids is 1. The van der Waals surface area contributed by atoms with E-state index < -0.39 is 44.8 Å². The average Bonchev–Trinajstić information content (AvgIpc) is 3.15. The van der Waals surface area contributed by atoms with Gasteiger partial charge in [0, 0.05) is 16.7 Å². The van der Waals surface area contributed by atoms with Crippen molar-refractivity contribution in [3.63, 3.8) is 0 Å². The molecule has 1 amide bonds. The Kier molecular flexibility index (Phi) is 6.26. The van der Waals surface area contributed by atoms with Gasteiger partial charge >= 0.3 is 6.18 Å². The van der Waals surface area contributed by atoms with Gasteiger partial charge in [0.1, 0.15) is 16.5 Å². The summed E-state index contributed by atoms with van der Waals surface area (Å²) in [6.07, 6.45) is -4.88. The van der Waals surface area contributed by atoms with E-state index in [4.69, 9.17) is 27.9 Å². The van der Waals surface area contributed by atoms with Crippen LogP contribution in [0, 0.1) is 10.1 Å². The highest BCUT2D eigenvalue weighted by Crippen LogP contribution is 2.36. The standard InChI is InChI=1S/C21H12Cl2F3N5O4/c1-35-12-4-2-3-10(7-12)14-9-16(21(24,25)26)30-19(27-14)17(23)18(29-30)20(32)28-13-6-5-11(22)8-15(13)31(33)34/h2-9H,1H3,(H,28,32). The molecule has 2 heterocycles. The van der Waals surface area contributed by atoms with Gasteiger partial charge < -0.3 is 10.1 Å². The zero-order valence-electron chi connectivity index (χ0n) is 17.4. The molecule has 0 saturated carbocycles. The van der Waals surface area contributed by atoms with Gasteiger partial charge in [-0.05, 0) is 30.3 Å². The molecule has 0 atom stereocenters. The first-order valence-electron chi connectivity index (χ1n) is 9.55. The number of amides is 1. The van der Waals surface area contributed by atoms with E-state index in [-0.39, 0.29) is 16.4 Å². The Bertz CT molecular complexity index is 1490. The molecular formula is C21H12Cl2F3N5O4. The third-order valence-electron chi connectivity index (χ3n) is 4.81. The first kappa shape index (κ1) is 24.2. The number of halogens is 5. The molecule has 35 heavy (non-hydrogen) atoms. The summed E-state index contributed by atoms with van der Waals surface area (Å²) in [5, 5.41) is 16.8. The van der Waals surface area contributed by atoms with Crippen LogP contribution in [0.5, 0.6) is 5.75 Å². The number of alkyl halides is 3. The van der Waals surface area contributed by atoms with Gasteiger partial charge in [-0.3, -0.25) is 14.9 Å². The summed E-state index contributed by atoms with van der Waals surface area (Å²) < 4.78 is 47.2. The molecule has 0 spiro atoms. The molecule has 0 unspecified atom stereocenters. The Labute approximate surface area is 204 Å². The highest BCUT2D eigenvalue weighted by Gasteiger charge is 2.37. The van der Waals surface area contributed by atoms with Crippen LogP contribution in [0.1, 0.15) is 16.2 Å². The number of aromatic nitrogens is 3. The summed E-state index contributed by atoms with van der Waals surface area (Å²) in [7, 11) is 1.40. The van der Waals surface area contributed by atoms with E-state index in [2.05, 4.69) is 15.4 Å². The third kappa shape index (κ3) is 4.70. The summed E-state index contributed by atoms with van der Waals surface area (Å²) in [5.41, 5.74) is -2.85. The van der Waals surface area contributed by atoms with Gasteiger partial charge in [0.05, 0.1) is 17.7 Å². The Morgan fingerprint density at radius 2 is 1.91 bits per heavy atom. The Hall–Kier alpha value is -3.90. The molecule has 0 aliphatic rings. The van der Waals surface area contributed by atoms with Crippen molar-refractivity contribution in [2.75, 3.05) is 12.4 Å². The molecule has 0 saturated heterocycles. The van der Waals surface area contributed by atoms with Crippen molar-refractivity contribution in [3.05, 3.63) is 80.1 Å². The summed E-state index contributed by atoms with van der Waals surface area (Å²) in [6, 6.07) is 10.4. The van der Waals surface area contributed by atoms with E-state index in [1.54, 1.807) is 12.1 Å². The van der Waals surface area contributed by atoms with Crippen LogP contribution >= 0.6 is 23.2 Å². The fourth-order valence-corrected chi connectivity index (χ4v) is 3.62. The van der Waals surface area contributed by atoms with Crippen LogP contribution < -0.4 is 10.1 Å². The predicted octanol–water partition coefficient (Wildman–Crippen LogP) is 5.89. The lowest BCUT2D eigenvalue weighted by Crippen LogP contribution is -2.16. The second-order valence-electron chi connectivity index (χ2n) is 7.03. The Morgan fingerprint density at radius 1 is 1.17 bits per heavy atom. The maximum absolute atomic E-state index is 13.9. The fraction of sp³-hybridized carbons (Fsp3) is 0.0952. The topological polar surface area (TPSA) is 112 Å². The first-order chi connectivity index (χ1) is 16.5. The molecule has 0 aliphatic heterocycles. The van der Waals surface area contributed by atoms with Crippen molar-refractivity contribution in [3.8, 4) is 17.0 Å². The number of fused-ring (bicyclic) bond motifs is 1. The largest absolute Gasteiger partial charge is 0.497 e. The molecule has 4 aromatic rings. The average molecular weight is 526 g/mol. The zero-order chi connectivity index (χ0) is 25.5. The van der Waals surface area contributed by atoms with E-state index in [1.807, 2.05) is 0 Å². The van der Waals surface area contributed by atoms with E-state index in [9.17, 15) is 28.1 Å². The molecule has 180 valence electrons. The summed E-state index contributed by atoms with van der Waals surface area (Å²) in [4.78, 5) is 27.5. The number of nitrogens with zero attached hydrogens (tertiary/aromatic N) is 4. The fourth-order valence-electron chi connectivity index (χ4n) is 3.21. The minimum atomic E-state index is -4.88. The minimum Gasteiger partial charge on any atom is -0.497 e. The smallest absolute Gasteiger partial charge is 0.433 e. The number of nitro groups is 1. The first-order valence-corrected chi connectivity index (χ1v) is 10.3. The number of benzene rings is 2. The van der Waals surface area contributed by atoms with E-state index >= 15 is 0 Å². The van der Waals surface area contributed by atoms with Crippen LogP contribution in [0.25, 0.3) is 16.9 Å². The number of methoxy groups -OCH3 is 1. The second kappa shape index (κ2) is 9.04. The second-order valence-corrected chi connectivity index (χ2v) is 7.84. The van der Waals surface area contributed by atoms with Gasteiger partial charge in [0.15, 0.2) is 17.0 Å².